The summed E-state index contributed by atoms with van der Waals surface area (Å²) in [5.74, 6) is 0. The molecule has 2 rings (SSSR count). The first kappa shape index (κ1) is 12.0. The molecule has 0 amide bonds. The Hall–Kier alpha value is -1.44. The lowest BCUT2D eigenvalue weighted by atomic mass is 9.97. The van der Waals surface area contributed by atoms with Crippen molar-refractivity contribution in [1.82, 2.24) is 0 Å². The quantitative estimate of drug-likeness (QED) is 0.601. The smallest absolute Gasteiger partial charge is 0.282 e. The molecule has 0 fully saturated rings. The van der Waals surface area contributed by atoms with Crippen LogP contribution in [0.1, 0.15) is 17.5 Å². The second kappa shape index (κ2) is 4.10. The highest BCUT2D eigenvalue weighted by Gasteiger charge is 2.24. The van der Waals surface area contributed by atoms with E-state index in [1.165, 1.54) is 6.08 Å². The van der Waals surface area contributed by atoms with Gasteiger partial charge in [-0.2, -0.15) is 16.8 Å². The molecule has 0 unspecified atom stereocenters. The lowest BCUT2D eigenvalue weighted by Gasteiger charge is -2.14. The molecule has 0 spiro atoms. The summed E-state index contributed by atoms with van der Waals surface area (Å²) < 4.78 is 53.1. The Morgan fingerprint density at radius 2 is 1.82 bits per heavy atom. The number of allylic oxidation sites excluding steroid dienone is 1. The van der Waals surface area contributed by atoms with Crippen molar-refractivity contribution < 1.29 is 21.4 Å². The predicted molar refractivity (Wildman–Crippen MR) is 63.6 cm³/mol. The van der Waals surface area contributed by atoms with E-state index in [0.29, 0.717) is 11.1 Å². The van der Waals surface area contributed by atoms with Crippen LogP contribution in [0, 0.1) is 0 Å². The Labute approximate surface area is 99.7 Å². The Morgan fingerprint density at radius 1 is 1.18 bits per heavy atom. The van der Waals surface area contributed by atoms with E-state index < -0.39 is 20.4 Å². The number of benzene rings is 1. The molecule has 90 valence electrons. The standard InChI is InChI=1S/C10H8O5S2/c11-16(12)10-6-8(17(13,14)15)5-7-3-1-2-4-9(7)10/h1-5H,6H2,(H,13,14,15). The van der Waals surface area contributed by atoms with E-state index in [0.717, 1.165) is 0 Å². The summed E-state index contributed by atoms with van der Waals surface area (Å²) in [6.07, 6.45) is 0.965. The first-order chi connectivity index (χ1) is 7.89. The maximum atomic E-state index is 11.0. The molecule has 1 N–H and O–H groups in total. The van der Waals surface area contributed by atoms with Crippen molar-refractivity contribution in [1.29, 1.82) is 0 Å². The van der Waals surface area contributed by atoms with Gasteiger partial charge in [-0.25, -0.2) is 0 Å². The fraction of sp³-hybridized carbons (Fsp3) is 0.100. The van der Waals surface area contributed by atoms with E-state index in [1.54, 1.807) is 24.3 Å². The van der Waals surface area contributed by atoms with Crippen LogP contribution in [-0.4, -0.2) is 26.3 Å². The van der Waals surface area contributed by atoms with E-state index in [2.05, 4.69) is 0 Å². The van der Waals surface area contributed by atoms with Gasteiger partial charge in [-0.3, -0.25) is 4.55 Å². The molecule has 0 atom stereocenters. The summed E-state index contributed by atoms with van der Waals surface area (Å²) >= 11 is 0. The van der Waals surface area contributed by atoms with Crippen molar-refractivity contribution in [2.75, 3.05) is 0 Å². The fourth-order valence-electron chi connectivity index (χ4n) is 1.67. The molecule has 0 bridgehead atoms. The monoisotopic (exact) mass is 272 g/mol. The van der Waals surface area contributed by atoms with E-state index in [4.69, 9.17) is 4.55 Å². The molecule has 7 heteroatoms. The van der Waals surface area contributed by atoms with Gasteiger partial charge < -0.3 is 0 Å². The van der Waals surface area contributed by atoms with Crippen molar-refractivity contribution in [3.63, 3.8) is 0 Å². The zero-order valence-electron chi connectivity index (χ0n) is 8.49. The predicted octanol–water partition coefficient (Wildman–Crippen LogP) is 0.719. The average Bonchev–Trinajstić information content (AvgIpc) is 2.26. The van der Waals surface area contributed by atoms with Crippen LogP contribution in [0.15, 0.2) is 29.2 Å². The Bertz CT molecular complexity index is 731. The van der Waals surface area contributed by atoms with Gasteiger partial charge in [0.25, 0.3) is 10.1 Å². The molecule has 17 heavy (non-hydrogen) atoms. The van der Waals surface area contributed by atoms with Crippen LogP contribution in [0.5, 0.6) is 0 Å². The average molecular weight is 272 g/mol. The van der Waals surface area contributed by atoms with Crippen LogP contribution in [0.4, 0.5) is 0 Å². The van der Waals surface area contributed by atoms with Crippen molar-refractivity contribution >= 4 is 31.4 Å². The fourth-order valence-corrected chi connectivity index (χ4v) is 3.00. The Morgan fingerprint density at radius 3 is 2.41 bits per heavy atom. The molecule has 0 saturated carbocycles. The topological polar surface area (TPSA) is 88.5 Å². The number of hydrogen-bond acceptors (Lipinski definition) is 4. The lowest BCUT2D eigenvalue weighted by molar-refractivity contribution is 0.490. The summed E-state index contributed by atoms with van der Waals surface area (Å²) in [5.41, 5.74) is 0.929. The Balaban J connectivity index is 2.79. The third-order valence-electron chi connectivity index (χ3n) is 2.44. The van der Waals surface area contributed by atoms with Crippen LogP contribution in [0.25, 0.3) is 6.08 Å². The van der Waals surface area contributed by atoms with Crippen LogP contribution < -0.4 is 0 Å². The van der Waals surface area contributed by atoms with E-state index in [-0.39, 0.29) is 16.2 Å². The van der Waals surface area contributed by atoms with Gasteiger partial charge in [-0.15, -0.1) is 0 Å². The molecule has 1 aliphatic rings. The molecule has 0 saturated heterocycles. The van der Waals surface area contributed by atoms with Crippen molar-refractivity contribution in [2.24, 2.45) is 0 Å². The summed E-state index contributed by atoms with van der Waals surface area (Å²) in [6, 6.07) is 6.51. The normalized spacial score (nSPS) is 15.1. The molecule has 5 nitrogen and oxygen atoms in total. The van der Waals surface area contributed by atoms with Crippen LogP contribution in [-0.2, 0) is 20.4 Å². The lowest BCUT2D eigenvalue weighted by Crippen LogP contribution is -2.15. The highest BCUT2D eigenvalue weighted by Crippen LogP contribution is 2.26. The van der Waals surface area contributed by atoms with Crippen LogP contribution in [0.3, 0.4) is 0 Å². The molecule has 1 aromatic carbocycles. The zero-order chi connectivity index (χ0) is 12.6. The summed E-state index contributed by atoms with van der Waals surface area (Å²) in [5, 5.41) is 0. The van der Waals surface area contributed by atoms with E-state index in [1.807, 2.05) is 0 Å². The first-order valence-corrected chi connectivity index (χ1v) is 7.13. The highest BCUT2D eigenvalue weighted by atomic mass is 32.2. The van der Waals surface area contributed by atoms with E-state index >= 15 is 0 Å². The third-order valence-corrected chi connectivity index (χ3v) is 4.14. The number of fused-ring (bicyclic) bond motifs is 1. The van der Waals surface area contributed by atoms with Gasteiger partial charge in [0.15, 0.2) is 0 Å². The first-order valence-electron chi connectivity index (χ1n) is 4.62. The van der Waals surface area contributed by atoms with Crippen molar-refractivity contribution in [3.8, 4) is 0 Å². The molecule has 0 heterocycles. The zero-order valence-corrected chi connectivity index (χ0v) is 10.1. The van der Waals surface area contributed by atoms with Gasteiger partial charge in [0, 0.05) is 12.0 Å². The molecule has 1 aliphatic carbocycles. The van der Waals surface area contributed by atoms with Crippen LogP contribution >= 0.6 is 0 Å². The van der Waals surface area contributed by atoms with Gasteiger partial charge in [-0.1, -0.05) is 24.3 Å². The Kier molecular flexibility index (Phi) is 2.90. The van der Waals surface area contributed by atoms with Gasteiger partial charge >= 0.3 is 0 Å². The van der Waals surface area contributed by atoms with Gasteiger partial charge in [0.05, 0.1) is 9.77 Å². The third kappa shape index (κ3) is 2.31. The summed E-state index contributed by atoms with van der Waals surface area (Å²) in [6.45, 7) is 0. The maximum absolute atomic E-state index is 11.0. The molecule has 1 aromatic rings. The van der Waals surface area contributed by atoms with Crippen molar-refractivity contribution in [2.45, 2.75) is 6.42 Å². The molecule has 0 radical (unpaired) electrons. The molecule has 0 aliphatic heterocycles. The minimum absolute atomic E-state index is 0.0317. The van der Waals surface area contributed by atoms with Crippen molar-refractivity contribution in [3.05, 3.63) is 40.3 Å². The number of rotatable bonds is 1. The highest BCUT2D eigenvalue weighted by molar-refractivity contribution is 7.90. The van der Waals surface area contributed by atoms with Gasteiger partial charge in [0.2, 0.25) is 10.3 Å². The number of hydrogen-bond donors (Lipinski definition) is 1. The van der Waals surface area contributed by atoms with Gasteiger partial charge in [0.1, 0.15) is 0 Å². The second-order valence-electron chi connectivity index (χ2n) is 3.51. The van der Waals surface area contributed by atoms with Crippen LogP contribution in [0.2, 0.25) is 0 Å². The molecular weight excluding hydrogens is 264 g/mol. The summed E-state index contributed by atoms with van der Waals surface area (Å²) in [4.78, 5) is -0.342. The minimum atomic E-state index is -4.37. The largest absolute Gasteiger partial charge is 0.291 e. The van der Waals surface area contributed by atoms with Gasteiger partial charge in [-0.05, 0) is 11.6 Å². The maximum Gasteiger partial charge on any atom is 0.291 e. The second-order valence-corrected chi connectivity index (χ2v) is 5.94. The SMILES string of the molecule is O=S(=O)=C1CC(S(=O)(=O)O)=Cc2ccccc21. The minimum Gasteiger partial charge on any atom is -0.282 e. The molecular formula is C10H8O5S2. The van der Waals surface area contributed by atoms with E-state index in [9.17, 15) is 16.8 Å². The summed E-state index contributed by atoms with van der Waals surface area (Å²) in [7, 11) is -6.89. The molecule has 0 aromatic heterocycles.